The van der Waals surface area contributed by atoms with E-state index in [1.54, 1.807) is 0 Å². The van der Waals surface area contributed by atoms with Crippen LogP contribution in [-0.4, -0.2) is 43.0 Å². The Bertz CT molecular complexity index is 836. The van der Waals surface area contributed by atoms with Gasteiger partial charge in [0.25, 0.3) is 0 Å². The van der Waals surface area contributed by atoms with Gasteiger partial charge in [0, 0.05) is 38.0 Å². The van der Waals surface area contributed by atoms with Crippen LogP contribution in [0.25, 0.3) is 21.8 Å². The maximum absolute atomic E-state index is 4.80. The zero-order chi connectivity index (χ0) is 15.1. The molecule has 0 aliphatic carbocycles. The van der Waals surface area contributed by atoms with Gasteiger partial charge < -0.3 is 9.80 Å². The molecular weight excluding hydrogens is 308 g/mol. The first-order valence-electron chi connectivity index (χ1n) is 7.52. The molecule has 1 fully saturated rings. The minimum Gasteiger partial charge on any atom is -0.344 e. The standard InChI is InChI=1S/C18H18N4.ClH/c1-19-18-21(2)11-12-22(18)17-13-7-3-5-9-15(13)20-16-10-6-4-8-14(16)17;/h3-10H,11-12H2,1-2H3;1H. The molecule has 0 radical (unpaired) electrons. The molecule has 4 nitrogen and oxygen atoms in total. The summed E-state index contributed by atoms with van der Waals surface area (Å²) in [6.45, 7) is 1.93. The Morgan fingerprint density at radius 1 is 0.913 bits per heavy atom. The van der Waals surface area contributed by atoms with Crippen molar-refractivity contribution in [3.8, 4) is 0 Å². The lowest BCUT2D eigenvalue weighted by Gasteiger charge is -2.23. The zero-order valence-corrected chi connectivity index (χ0v) is 14.0. The summed E-state index contributed by atoms with van der Waals surface area (Å²) in [6.07, 6.45) is 0. The lowest BCUT2D eigenvalue weighted by Crippen LogP contribution is -2.31. The third-order valence-electron chi connectivity index (χ3n) is 4.27. The van der Waals surface area contributed by atoms with Gasteiger partial charge in [0.05, 0.1) is 16.7 Å². The van der Waals surface area contributed by atoms with Crippen molar-refractivity contribution in [3.05, 3.63) is 48.5 Å². The number of anilines is 1. The molecule has 3 aromatic rings. The Hall–Kier alpha value is -2.33. The van der Waals surface area contributed by atoms with Gasteiger partial charge in [-0.05, 0) is 12.1 Å². The Labute approximate surface area is 141 Å². The van der Waals surface area contributed by atoms with Crippen LogP contribution in [0, 0.1) is 0 Å². The van der Waals surface area contributed by atoms with Crippen LogP contribution >= 0.6 is 12.4 Å². The second-order valence-electron chi connectivity index (χ2n) is 5.59. The number of guanidine groups is 1. The SMILES string of the molecule is CN=C1N(C)CCN1c1c2ccccc2nc2ccccc12.Cl. The number of para-hydroxylation sites is 2. The van der Waals surface area contributed by atoms with Crippen LogP contribution < -0.4 is 4.90 Å². The Morgan fingerprint density at radius 3 is 2.04 bits per heavy atom. The summed E-state index contributed by atoms with van der Waals surface area (Å²) in [4.78, 5) is 13.8. The molecule has 0 amide bonds. The summed E-state index contributed by atoms with van der Waals surface area (Å²) in [7, 11) is 3.95. The number of nitrogens with zero attached hydrogens (tertiary/aromatic N) is 4. The maximum Gasteiger partial charge on any atom is 0.200 e. The fraction of sp³-hybridized carbons (Fsp3) is 0.222. The molecule has 0 saturated carbocycles. The number of hydrogen-bond donors (Lipinski definition) is 0. The Morgan fingerprint density at radius 2 is 1.48 bits per heavy atom. The number of halogens is 1. The van der Waals surface area contributed by atoms with Gasteiger partial charge in [-0.2, -0.15) is 0 Å². The van der Waals surface area contributed by atoms with E-state index in [0.717, 1.165) is 30.1 Å². The molecule has 23 heavy (non-hydrogen) atoms. The Balaban J connectivity index is 0.00000156. The van der Waals surface area contributed by atoms with Gasteiger partial charge in [0.1, 0.15) is 0 Å². The molecule has 1 aliphatic heterocycles. The quantitative estimate of drug-likeness (QED) is 0.641. The second kappa shape index (κ2) is 6.05. The van der Waals surface area contributed by atoms with Crippen LogP contribution in [0.5, 0.6) is 0 Å². The van der Waals surface area contributed by atoms with Crippen molar-refractivity contribution >= 4 is 45.9 Å². The minimum absolute atomic E-state index is 0. The molecular formula is C18H19ClN4. The van der Waals surface area contributed by atoms with Crippen LogP contribution in [0.1, 0.15) is 0 Å². The lowest BCUT2D eigenvalue weighted by atomic mass is 10.1. The molecule has 4 rings (SSSR count). The molecule has 1 aliphatic rings. The first kappa shape index (κ1) is 15.6. The van der Waals surface area contributed by atoms with E-state index in [4.69, 9.17) is 4.98 Å². The van der Waals surface area contributed by atoms with E-state index in [1.807, 2.05) is 19.2 Å². The van der Waals surface area contributed by atoms with E-state index in [1.165, 1.54) is 16.5 Å². The molecule has 1 aromatic heterocycles. The van der Waals surface area contributed by atoms with Gasteiger partial charge in [-0.3, -0.25) is 4.99 Å². The second-order valence-corrected chi connectivity index (χ2v) is 5.59. The lowest BCUT2D eigenvalue weighted by molar-refractivity contribution is 0.562. The molecule has 1 saturated heterocycles. The summed E-state index contributed by atoms with van der Waals surface area (Å²) in [5, 5.41) is 2.36. The summed E-state index contributed by atoms with van der Waals surface area (Å²) in [5.41, 5.74) is 3.27. The fourth-order valence-electron chi connectivity index (χ4n) is 3.27. The summed E-state index contributed by atoms with van der Waals surface area (Å²) in [5.74, 6) is 1.02. The van der Waals surface area contributed by atoms with Gasteiger partial charge >= 0.3 is 0 Å². The first-order valence-corrected chi connectivity index (χ1v) is 7.52. The number of pyridine rings is 1. The highest BCUT2D eigenvalue weighted by molar-refractivity contribution is 6.14. The fourth-order valence-corrected chi connectivity index (χ4v) is 3.27. The number of fused-ring (bicyclic) bond motifs is 2. The normalized spacial score (nSPS) is 16.3. The monoisotopic (exact) mass is 326 g/mol. The van der Waals surface area contributed by atoms with E-state index in [-0.39, 0.29) is 12.4 Å². The molecule has 2 heterocycles. The van der Waals surface area contributed by atoms with Crippen LogP contribution in [0.2, 0.25) is 0 Å². The minimum atomic E-state index is 0. The van der Waals surface area contributed by atoms with Crippen LogP contribution in [0.15, 0.2) is 53.5 Å². The first-order chi connectivity index (χ1) is 10.8. The van der Waals surface area contributed by atoms with Crippen molar-refractivity contribution in [2.24, 2.45) is 4.99 Å². The molecule has 118 valence electrons. The third kappa shape index (κ3) is 2.39. The maximum atomic E-state index is 4.80. The van der Waals surface area contributed by atoms with Crippen molar-refractivity contribution in [1.82, 2.24) is 9.88 Å². The van der Waals surface area contributed by atoms with Crippen LogP contribution in [-0.2, 0) is 0 Å². The predicted octanol–water partition coefficient (Wildman–Crippen LogP) is 3.55. The smallest absolute Gasteiger partial charge is 0.200 e. The summed E-state index contributed by atoms with van der Waals surface area (Å²) >= 11 is 0. The van der Waals surface area contributed by atoms with Crippen molar-refractivity contribution < 1.29 is 0 Å². The van der Waals surface area contributed by atoms with E-state index in [0.29, 0.717) is 0 Å². The number of benzene rings is 2. The number of rotatable bonds is 1. The van der Waals surface area contributed by atoms with E-state index < -0.39 is 0 Å². The van der Waals surface area contributed by atoms with Gasteiger partial charge in [0.15, 0.2) is 0 Å². The summed E-state index contributed by atoms with van der Waals surface area (Å²) in [6, 6.07) is 16.7. The van der Waals surface area contributed by atoms with Crippen LogP contribution in [0.4, 0.5) is 5.69 Å². The van der Waals surface area contributed by atoms with Gasteiger partial charge in [-0.1, -0.05) is 36.4 Å². The number of aromatic nitrogens is 1. The van der Waals surface area contributed by atoms with E-state index in [9.17, 15) is 0 Å². The van der Waals surface area contributed by atoms with Crippen molar-refractivity contribution in [3.63, 3.8) is 0 Å². The molecule has 0 spiro atoms. The van der Waals surface area contributed by atoms with Gasteiger partial charge in [-0.15, -0.1) is 12.4 Å². The van der Waals surface area contributed by atoms with Crippen molar-refractivity contribution in [1.29, 1.82) is 0 Å². The Kier molecular flexibility index (Phi) is 4.09. The zero-order valence-electron chi connectivity index (χ0n) is 13.2. The average molecular weight is 327 g/mol. The van der Waals surface area contributed by atoms with Crippen LogP contribution in [0.3, 0.4) is 0 Å². The molecule has 0 N–H and O–H groups in total. The van der Waals surface area contributed by atoms with Crippen molar-refractivity contribution in [2.45, 2.75) is 0 Å². The highest BCUT2D eigenvalue weighted by Crippen LogP contribution is 2.35. The highest BCUT2D eigenvalue weighted by atomic mass is 35.5. The number of likely N-dealkylation sites (N-methyl/N-ethyl adjacent to an activating group) is 1. The predicted molar refractivity (Wildman–Crippen MR) is 99.8 cm³/mol. The third-order valence-corrected chi connectivity index (χ3v) is 4.27. The average Bonchev–Trinajstić information content (AvgIpc) is 2.93. The van der Waals surface area contributed by atoms with Gasteiger partial charge in [-0.25, -0.2) is 4.98 Å². The summed E-state index contributed by atoms with van der Waals surface area (Å²) < 4.78 is 0. The molecule has 0 atom stereocenters. The van der Waals surface area contributed by atoms with Gasteiger partial charge in [0.2, 0.25) is 5.96 Å². The molecule has 0 unspecified atom stereocenters. The highest BCUT2D eigenvalue weighted by Gasteiger charge is 2.27. The largest absolute Gasteiger partial charge is 0.344 e. The number of hydrogen-bond acceptors (Lipinski definition) is 2. The molecule has 2 aromatic carbocycles. The van der Waals surface area contributed by atoms with E-state index in [2.05, 4.69) is 58.2 Å². The van der Waals surface area contributed by atoms with Crippen molar-refractivity contribution in [2.75, 3.05) is 32.1 Å². The van der Waals surface area contributed by atoms with E-state index >= 15 is 0 Å². The number of aliphatic imine (C=N–C) groups is 1. The topological polar surface area (TPSA) is 31.7 Å². The molecule has 0 bridgehead atoms. The molecule has 5 heteroatoms.